The van der Waals surface area contributed by atoms with Crippen molar-refractivity contribution in [3.05, 3.63) is 65.6 Å². The molecule has 0 atom stereocenters. The molecule has 1 aliphatic rings. The molecule has 0 radical (unpaired) electrons. The van der Waals surface area contributed by atoms with Crippen molar-refractivity contribution < 1.29 is 13.2 Å². The maximum atomic E-state index is 13.4. The van der Waals surface area contributed by atoms with Crippen molar-refractivity contribution in [2.24, 2.45) is 5.92 Å². The van der Waals surface area contributed by atoms with Gasteiger partial charge < -0.3 is 9.64 Å². The highest BCUT2D eigenvalue weighted by molar-refractivity contribution is 7.89. The molecule has 5 rings (SSSR count). The summed E-state index contributed by atoms with van der Waals surface area (Å²) >= 11 is 6.27. The van der Waals surface area contributed by atoms with Crippen LogP contribution >= 0.6 is 11.6 Å². The maximum absolute atomic E-state index is 13.4. The van der Waals surface area contributed by atoms with Gasteiger partial charge in [-0.15, -0.1) is 0 Å². The number of aromatic nitrogens is 4. The smallest absolute Gasteiger partial charge is 0.243 e. The SMILES string of the molecule is COc1ccc(S(=O)(=O)N2CCCN(c3nc(CCC(C)C)nc4c3cnn4-c3cccc(Cl)c3)CC2)cc1. The van der Waals surface area contributed by atoms with Gasteiger partial charge in [0.1, 0.15) is 17.4 Å². The Bertz CT molecular complexity index is 1560. The third-order valence-corrected chi connectivity index (χ3v) is 9.05. The molecule has 0 bridgehead atoms. The van der Waals surface area contributed by atoms with Gasteiger partial charge in [-0.3, -0.25) is 0 Å². The number of hydrogen-bond donors (Lipinski definition) is 0. The van der Waals surface area contributed by atoms with Crippen molar-refractivity contribution in [3.8, 4) is 11.4 Å². The highest BCUT2D eigenvalue weighted by atomic mass is 35.5. The number of nitrogens with zero attached hydrogens (tertiary/aromatic N) is 6. The Morgan fingerprint density at radius 2 is 1.82 bits per heavy atom. The van der Waals surface area contributed by atoms with E-state index in [9.17, 15) is 8.42 Å². The molecule has 1 fully saturated rings. The zero-order valence-corrected chi connectivity index (χ0v) is 24.0. The zero-order chi connectivity index (χ0) is 27.6. The van der Waals surface area contributed by atoms with E-state index in [4.69, 9.17) is 26.3 Å². The lowest BCUT2D eigenvalue weighted by Gasteiger charge is -2.23. The molecule has 4 aromatic rings. The van der Waals surface area contributed by atoms with E-state index in [1.54, 1.807) is 46.6 Å². The first-order chi connectivity index (χ1) is 18.8. The molecule has 206 valence electrons. The van der Waals surface area contributed by atoms with Crippen LogP contribution in [0.4, 0.5) is 5.82 Å². The fourth-order valence-corrected chi connectivity index (χ4v) is 6.40. The molecule has 0 unspecified atom stereocenters. The molecule has 2 aromatic heterocycles. The van der Waals surface area contributed by atoms with Gasteiger partial charge in [-0.25, -0.2) is 23.1 Å². The molecule has 0 spiro atoms. The van der Waals surface area contributed by atoms with Crippen LogP contribution in [-0.2, 0) is 16.4 Å². The van der Waals surface area contributed by atoms with Crippen molar-refractivity contribution in [2.75, 3.05) is 38.2 Å². The van der Waals surface area contributed by atoms with Gasteiger partial charge in [0.25, 0.3) is 0 Å². The molecule has 1 saturated heterocycles. The van der Waals surface area contributed by atoms with E-state index in [0.717, 1.165) is 35.6 Å². The summed E-state index contributed by atoms with van der Waals surface area (Å²) in [7, 11) is -2.07. The van der Waals surface area contributed by atoms with Crippen LogP contribution < -0.4 is 9.64 Å². The van der Waals surface area contributed by atoms with E-state index in [1.807, 2.05) is 24.3 Å². The van der Waals surface area contributed by atoms with Crippen LogP contribution in [0.1, 0.15) is 32.5 Å². The number of sulfonamides is 1. The van der Waals surface area contributed by atoms with Gasteiger partial charge in [-0.2, -0.15) is 9.40 Å². The molecular formula is C28H33ClN6O3S. The second kappa shape index (κ2) is 11.5. The quantitative estimate of drug-likeness (QED) is 0.296. The zero-order valence-electron chi connectivity index (χ0n) is 22.4. The maximum Gasteiger partial charge on any atom is 0.243 e. The summed E-state index contributed by atoms with van der Waals surface area (Å²) in [5, 5.41) is 6.09. The molecule has 0 amide bonds. The Labute approximate surface area is 234 Å². The first-order valence-corrected chi connectivity index (χ1v) is 15.0. The van der Waals surface area contributed by atoms with Crippen LogP contribution in [0.25, 0.3) is 16.7 Å². The van der Waals surface area contributed by atoms with E-state index in [0.29, 0.717) is 54.9 Å². The lowest BCUT2D eigenvalue weighted by molar-refractivity contribution is 0.413. The number of halogens is 1. The van der Waals surface area contributed by atoms with E-state index in [2.05, 4.69) is 23.8 Å². The number of hydrogen-bond acceptors (Lipinski definition) is 7. The summed E-state index contributed by atoms with van der Waals surface area (Å²) in [6.45, 7) is 6.33. The molecule has 2 aromatic carbocycles. The van der Waals surface area contributed by atoms with Gasteiger partial charge in [-0.05, 0) is 61.2 Å². The van der Waals surface area contributed by atoms with Crippen LogP contribution in [0.2, 0.25) is 5.02 Å². The highest BCUT2D eigenvalue weighted by Crippen LogP contribution is 2.29. The molecule has 11 heteroatoms. The Morgan fingerprint density at radius 3 is 2.54 bits per heavy atom. The summed E-state index contributed by atoms with van der Waals surface area (Å²) in [5.74, 6) is 2.67. The standard InChI is InChI=1S/C28H33ClN6O3S/c1-20(2)8-13-26-31-27(25-19-30-35(28(25)32-26)22-7-4-6-21(29)18-22)33-14-5-15-34(17-16-33)39(36,37)24-11-9-23(38-3)10-12-24/h4,6-7,9-12,18-20H,5,8,13-17H2,1-3H3. The monoisotopic (exact) mass is 568 g/mol. The molecule has 9 nitrogen and oxygen atoms in total. The van der Waals surface area contributed by atoms with Crippen LogP contribution in [0.3, 0.4) is 0 Å². The van der Waals surface area contributed by atoms with Gasteiger partial charge in [0.15, 0.2) is 5.65 Å². The van der Waals surface area contributed by atoms with Crippen molar-refractivity contribution in [1.29, 1.82) is 0 Å². The minimum absolute atomic E-state index is 0.264. The third-order valence-electron chi connectivity index (χ3n) is 6.90. The van der Waals surface area contributed by atoms with Crippen LogP contribution in [0, 0.1) is 5.92 Å². The lowest BCUT2D eigenvalue weighted by Crippen LogP contribution is -2.35. The van der Waals surface area contributed by atoms with E-state index in [1.165, 1.54) is 0 Å². The Balaban J connectivity index is 1.47. The predicted octanol–water partition coefficient (Wildman–Crippen LogP) is 4.97. The molecule has 39 heavy (non-hydrogen) atoms. The Hall–Kier alpha value is -3.21. The number of fused-ring (bicyclic) bond motifs is 1. The third kappa shape index (κ3) is 5.88. The van der Waals surface area contributed by atoms with Gasteiger partial charge in [-0.1, -0.05) is 31.5 Å². The highest BCUT2D eigenvalue weighted by Gasteiger charge is 2.28. The van der Waals surface area contributed by atoms with Crippen molar-refractivity contribution in [1.82, 2.24) is 24.1 Å². The number of rotatable bonds is 8. The molecule has 0 saturated carbocycles. The number of benzene rings is 2. The largest absolute Gasteiger partial charge is 0.497 e. The molecule has 1 aliphatic heterocycles. The minimum Gasteiger partial charge on any atom is -0.497 e. The minimum atomic E-state index is -3.63. The van der Waals surface area contributed by atoms with Gasteiger partial charge >= 0.3 is 0 Å². The number of anilines is 1. The van der Waals surface area contributed by atoms with Crippen LogP contribution in [-0.4, -0.2) is 65.8 Å². The van der Waals surface area contributed by atoms with Gasteiger partial charge in [0, 0.05) is 37.6 Å². The summed E-state index contributed by atoms with van der Waals surface area (Å²) in [5.41, 5.74) is 1.54. The summed E-state index contributed by atoms with van der Waals surface area (Å²) in [6, 6.07) is 14.1. The van der Waals surface area contributed by atoms with E-state index >= 15 is 0 Å². The van der Waals surface area contributed by atoms with Gasteiger partial charge in [0.2, 0.25) is 10.0 Å². The average molecular weight is 569 g/mol. The van der Waals surface area contributed by atoms with Crippen LogP contribution in [0.5, 0.6) is 5.75 Å². The van der Waals surface area contributed by atoms with Crippen molar-refractivity contribution >= 4 is 38.5 Å². The topological polar surface area (TPSA) is 93.5 Å². The van der Waals surface area contributed by atoms with E-state index < -0.39 is 10.0 Å². The number of ether oxygens (including phenoxy) is 1. The Kier molecular flexibility index (Phi) is 8.06. The normalized spacial score (nSPS) is 15.2. The van der Waals surface area contributed by atoms with Crippen LogP contribution in [0.15, 0.2) is 59.6 Å². The molecular weight excluding hydrogens is 536 g/mol. The first-order valence-electron chi connectivity index (χ1n) is 13.2. The molecule has 0 aliphatic carbocycles. The second-order valence-electron chi connectivity index (χ2n) is 10.1. The van der Waals surface area contributed by atoms with Gasteiger partial charge in [0.05, 0.1) is 29.3 Å². The molecule has 3 heterocycles. The summed E-state index contributed by atoms with van der Waals surface area (Å²) in [4.78, 5) is 12.3. The first kappa shape index (κ1) is 27.4. The summed E-state index contributed by atoms with van der Waals surface area (Å²) < 4.78 is 35.3. The Morgan fingerprint density at radius 1 is 1.03 bits per heavy atom. The summed E-state index contributed by atoms with van der Waals surface area (Å²) in [6.07, 6.45) is 4.16. The van der Waals surface area contributed by atoms with E-state index in [-0.39, 0.29) is 4.90 Å². The number of methoxy groups -OCH3 is 1. The molecule has 0 N–H and O–H groups in total. The fourth-order valence-electron chi connectivity index (χ4n) is 4.75. The second-order valence-corrected chi connectivity index (χ2v) is 12.5. The van der Waals surface area contributed by atoms with Crippen molar-refractivity contribution in [2.45, 2.75) is 38.0 Å². The predicted molar refractivity (Wildman–Crippen MR) is 153 cm³/mol. The average Bonchev–Trinajstić information content (AvgIpc) is 3.19. The fraction of sp³-hybridized carbons (Fsp3) is 0.393. The lowest BCUT2D eigenvalue weighted by atomic mass is 10.1. The number of aryl methyl sites for hydroxylation is 1. The van der Waals surface area contributed by atoms with Crippen molar-refractivity contribution in [3.63, 3.8) is 0 Å².